The molecule has 1 aliphatic heterocycles. The van der Waals surface area contributed by atoms with Crippen molar-refractivity contribution in [3.8, 4) is 0 Å². The maximum absolute atomic E-state index is 12.0. The van der Waals surface area contributed by atoms with Crippen LogP contribution in [0, 0.1) is 0 Å². The normalized spacial score (nSPS) is 22.0. The molecular weight excluding hydrogens is 298 g/mol. The summed E-state index contributed by atoms with van der Waals surface area (Å²) in [4.78, 5) is 25.3. The zero-order valence-electron chi connectivity index (χ0n) is 15.2. The van der Waals surface area contributed by atoms with E-state index in [4.69, 9.17) is 15.2 Å². The van der Waals surface area contributed by atoms with Gasteiger partial charge in [0.2, 0.25) is 0 Å². The van der Waals surface area contributed by atoms with Crippen molar-refractivity contribution >= 4 is 12.2 Å². The molecule has 1 saturated heterocycles. The number of nitrogens with one attached hydrogen (secondary N) is 1. The van der Waals surface area contributed by atoms with Crippen LogP contribution in [0.15, 0.2) is 0 Å². The molecule has 0 aliphatic carbocycles. The van der Waals surface area contributed by atoms with E-state index in [0.29, 0.717) is 32.5 Å². The maximum Gasteiger partial charge on any atom is 0.410 e. The molecule has 1 aliphatic rings. The third kappa shape index (κ3) is 7.54. The Labute approximate surface area is 138 Å². The smallest absolute Gasteiger partial charge is 0.410 e. The summed E-state index contributed by atoms with van der Waals surface area (Å²) in [6.45, 7) is 12.3. The first kappa shape index (κ1) is 19.5. The first-order valence-corrected chi connectivity index (χ1v) is 8.03. The number of carbonyl (C=O) groups excluding carboxylic acids is 2. The number of ether oxygens (including phenoxy) is 2. The van der Waals surface area contributed by atoms with Gasteiger partial charge in [0.15, 0.2) is 0 Å². The molecule has 3 N–H and O–H groups in total. The third-order valence-electron chi connectivity index (χ3n) is 3.33. The van der Waals surface area contributed by atoms with Crippen molar-refractivity contribution in [2.24, 2.45) is 5.73 Å². The summed E-state index contributed by atoms with van der Waals surface area (Å²) in [5, 5.41) is 2.70. The number of amides is 2. The van der Waals surface area contributed by atoms with Gasteiger partial charge in [-0.3, -0.25) is 0 Å². The number of carbonyl (C=O) groups is 2. The molecule has 0 aromatic carbocycles. The predicted molar refractivity (Wildman–Crippen MR) is 88.2 cm³/mol. The number of nitrogens with two attached hydrogens (primary N) is 1. The molecule has 1 atom stereocenters. The van der Waals surface area contributed by atoms with Gasteiger partial charge in [-0.1, -0.05) is 0 Å². The summed E-state index contributed by atoms with van der Waals surface area (Å²) in [6, 6.07) is 0. The van der Waals surface area contributed by atoms with Crippen LogP contribution in [0.25, 0.3) is 0 Å². The highest BCUT2D eigenvalue weighted by molar-refractivity contribution is 5.69. The van der Waals surface area contributed by atoms with Gasteiger partial charge in [-0.15, -0.1) is 0 Å². The highest BCUT2D eigenvalue weighted by Crippen LogP contribution is 2.23. The predicted octanol–water partition coefficient (Wildman–Crippen LogP) is 2.24. The monoisotopic (exact) mass is 329 g/mol. The van der Waals surface area contributed by atoms with Crippen molar-refractivity contribution in [1.82, 2.24) is 10.2 Å². The number of hydrogen-bond donors (Lipinski definition) is 2. The van der Waals surface area contributed by atoms with Crippen molar-refractivity contribution in [2.75, 3.05) is 19.6 Å². The molecule has 0 aromatic rings. The van der Waals surface area contributed by atoms with E-state index in [-0.39, 0.29) is 6.09 Å². The fraction of sp³-hybridized carbons (Fsp3) is 0.875. The van der Waals surface area contributed by atoms with Crippen molar-refractivity contribution in [3.63, 3.8) is 0 Å². The molecule has 7 nitrogen and oxygen atoms in total. The molecule has 1 rings (SSSR count). The summed E-state index contributed by atoms with van der Waals surface area (Å²) in [5.41, 5.74) is 4.77. The molecule has 0 spiro atoms. The van der Waals surface area contributed by atoms with Crippen molar-refractivity contribution in [2.45, 2.75) is 71.1 Å². The summed E-state index contributed by atoms with van der Waals surface area (Å²) >= 11 is 0. The number of rotatable bonds is 3. The van der Waals surface area contributed by atoms with Gasteiger partial charge in [-0.05, 0) is 54.4 Å². The van der Waals surface area contributed by atoms with E-state index in [1.165, 1.54) is 0 Å². The van der Waals surface area contributed by atoms with Crippen LogP contribution >= 0.6 is 0 Å². The van der Waals surface area contributed by atoms with Crippen LogP contribution in [0.2, 0.25) is 0 Å². The van der Waals surface area contributed by atoms with E-state index in [0.717, 1.165) is 0 Å². The Bertz CT molecular complexity index is 440. The Morgan fingerprint density at radius 2 is 1.70 bits per heavy atom. The Hall–Kier alpha value is -1.50. The second-order valence-corrected chi connectivity index (χ2v) is 8.19. The van der Waals surface area contributed by atoms with E-state index in [1.54, 1.807) is 4.90 Å². The maximum atomic E-state index is 12.0. The summed E-state index contributed by atoms with van der Waals surface area (Å²) in [5.74, 6) is 0. The van der Waals surface area contributed by atoms with E-state index in [9.17, 15) is 9.59 Å². The van der Waals surface area contributed by atoms with Gasteiger partial charge in [-0.2, -0.15) is 0 Å². The second kappa shape index (κ2) is 6.95. The standard InChI is InChI=1S/C16H31N3O4/c1-14(2,3)22-12(20)18-9-7-16(17)8-10-19(11-16)13(21)23-15(4,5)6/h7-11,17H2,1-6H3,(H,18,20). The topological polar surface area (TPSA) is 93.9 Å². The molecule has 1 unspecified atom stereocenters. The molecule has 23 heavy (non-hydrogen) atoms. The minimum absolute atomic E-state index is 0.343. The molecule has 0 bridgehead atoms. The Morgan fingerprint density at radius 3 is 2.22 bits per heavy atom. The SMILES string of the molecule is CC(C)(C)OC(=O)NCCC1(N)CCN(C(=O)OC(C)(C)C)C1. The van der Waals surface area contributed by atoms with Gasteiger partial charge in [0.25, 0.3) is 0 Å². The van der Waals surface area contributed by atoms with Crippen molar-refractivity contribution < 1.29 is 19.1 Å². The van der Waals surface area contributed by atoms with Crippen molar-refractivity contribution in [1.29, 1.82) is 0 Å². The van der Waals surface area contributed by atoms with Crippen LogP contribution in [0.4, 0.5) is 9.59 Å². The van der Waals surface area contributed by atoms with Crippen LogP contribution < -0.4 is 11.1 Å². The van der Waals surface area contributed by atoms with E-state index in [2.05, 4.69) is 5.32 Å². The molecule has 0 aromatic heterocycles. The van der Waals surface area contributed by atoms with Crippen molar-refractivity contribution in [3.05, 3.63) is 0 Å². The molecule has 1 heterocycles. The quantitative estimate of drug-likeness (QED) is 0.828. The van der Waals surface area contributed by atoms with E-state index < -0.39 is 22.8 Å². The zero-order chi connectivity index (χ0) is 17.9. The average Bonchev–Trinajstić information content (AvgIpc) is 2.67. The minimum Gasteiger partial charge on any atom is -0.444 e. The lowest BCUT2D eigenvalue weighted by Crippen LogP contribution is -2.47. The van der Waals surface area contributed by atoms with Gasteiger partial charge in [0.05, 0.1) is 0 Å². The highest BCUT2D eigenvalue weighted by atomic mass is 16.6. The van der Waals surface area contributed by atoms with Gasteiger partial charge in [0, 0.05) is 25.2 Å². The lowest BCUT2D eigenvalue weighted by molar-refractivity contribution is 0.0282. The van der Waals surface area contributed by atoms with Gasteiger partial charge in [-0.25, -0.2) is 9.59 Å². The molecule has 2 amide bonds. The lowest BCUT2D eigenvalue weighted by atomic mass is 9.96. The fourth-order valence-corrected chi connectivity index (χ4v) is 2.31. The number of alkyl carbamates (subject to hydrolysis) is 1. The summed E-state index contributed by atoms with van der Waals surface area (Å²) in [6.07, 6.45) is 0.460. The van der Waals surface area contributed by atoms with Gasteiger partial charge in [0.1, 0.15) is 11.2 Å². The Kier molecular flexibility index (Phi) is 5.90. The molecule has 7 heteroatoms. The second-order valence-electron chi connectivity index (χ2n) is 8.19. The van der Waals surface area contributed by atoms with E-state index >= 15 is 0 Å². The first-order chi connectivity index (χ1) is 10.3. The summed E-state index contributed by atoms with van der Waals surface area (Å²) in [7, 11) is 0. The number of hydrogen-bond acceptors (Lipinski definition) is 5. The minimum atomic E-state index is -0.522. The van der Waals surface area contributed by atoms with E-state index in [1.807, 2.05) is 41.5 Å². The van der Waals surface area contributed by atoms with Crippen LogP contribution in [-0.2, 0) is 9.47 Å². The number of likely N-dealkylation sites (tertiary alicyclic amines) is 1. The van der Waals surface area contributed by atoms with Gasteiger partial charge >= 0.3 is 12.2 Å². The van der Waals surface area contributed by atoms with Crippen LogP contribution in [0.5, 0.6) is 0 Å². The molecule has 0 radical (unpaired) electrons. The zero-order valence-corrected chi connectivity index (χ0v) is 15.2. The lowest BCUT2D eigenvalue weighted by Gasteiger charge is -2.27. The fourth-order valence-electron chi connectivity index (χ4n) is 2.31. The molecule has 0 saturated carbocycles. The van der Waals surface area contributed by atoms with Crippen LogP contribution in [-0.4, -0.2) is 53.5 Å². The largest absolute Gasteiger partial charge is 0.444 e. The summed E-state index contributed by atoms with van der Waals surface area (Å²) < 4.78 is 10.5. The third-order valence-corrected chi connectivity index (χ3v) is 3.33. The Morgan fingerprint density at radius 1 is 1.13 bits per heavy atom. The van der Waals surface area contributed by atoms with Gasteiger partial charge < -0.3 is 25.4 Å². The van der Waals surface area contributed by atoms with Crippen LogP contribution in [0.1, 0.15) is 54.4 Å². The number of nitrogens with zero attached hydrogens (tertiary/aromatic N) is 1. The Balaban J connectivity index is 2.38. The molecular formula is C16H31N3O4. The molecule has 1 fully saturated rings. The molecule has 134 valence electrons. The highest BCUT2D eigenvalue weighted by Gasteiger charge is 2.38. The average molecular weight is 329 g/mol. The van der Waals surface area contributed by atoms with Crippen LogP contribution in [0.3, 0.4) is 0 Å². The first-order valence-electron chi connectivity index (χ1n) is 8.03.